The first-order valence-corrected chi connectivity index (χ1v) is 10.9. The average Bonchev–Trinajstić information content (AvgIpc) is 3.46. The second-order valence-corrected chi connectivity index (χ2v) is 8.40. The van der Waals surface area contributed by atoms with Crippen LogP contribution in [-0.2, 0) is 11.2 Å². The lowest BCUT2D eigenvalue weighted by Crippen LogP contribution is -2.13. The number of nitrogens with zero attached hydrogens (tertiary/aromatic N) is 3. The molecule has 1 aliphatic carbocycles. The van der Waals surface area contributed by atoms with Gasteiger partial charge in [-0.25, -0.2) is 9.67 Å². The van der Waals surface area contributed by atoms with Gasteiger partial charge in [0.1, 0.15) is 23.6 Å². The Hall–Kier alpha value is -3.86. The van der Waals surface area contributed by atoms with Gasteiger partial charge < -0.3 is 9.47 Å². The number of rotatable bonds is 4. The third-order valence-corrected chi connectivity index (χ3v) is 6.05. The van der Waals surface area contributed by atoms with Gasteiger partial charge in [0.05, 0.1) is 11.4 Å². The Labute approximate surface area is 187 Å². The van der Waals surface area contributed by atoms with Gasteiger partial charge in [0.15, 0.2) is 0 Å². The number of ether oxygens (including phenoxy) is 2. The third kappa shape index (κ3) is 3.26. The molecule has 0 N–H and O–H groups in total. The zero-order chi connectivity index (χ0) is 21.7. The Morgan fingerprint density at radius 3 is 2.56 bits per heavy atom. The highest BCUT2D eigenvalue weighted by Gasteiger charge is 2.39. The van der Waals surface area contributed by atoms with Crippen LogP contribution in [0, 0.1) is 13.8 Å². The quantitative estimate of drug-likeness (QED) is 0.423. The summed E-state index contributed by atoms with van der Waals surface area (Å²) in [4.78, 5) is 4.90. The van der Waals surface area contributed by atoms with Crippen molar-refractivity contribution in [1.82, 2.24) is 9.78 Å². The molecule has 5 nitrogen and oxygen atoms in total. The summed E-state index contributed by atoms with van der Waals surface area (Å²) in [6.45, 7) is 4.04. The Morgan fingerprint density at radius 1 is 0.906 bits per heavy atom. The predicted molar refractivity (Wildman–Crippen MR) is 124 cm³/mol. The zero-order valence-electron chi connectivity index (χ0n) is 18.0. The monoisotopic (exact) mass is 421 g/mol. The fraction of sp³-hybridized carbons (Fsp3) is 0.185. The highest BCUT2D eigenvalue weighted by atomic mass is 16.5. The van der Waals surface area contributed by atoms with Gasteiger partial charge in [-0.2, -0.15) is 5.10 Å². The second kappa shape index (κ2) is 7.38. The number of fused-ring (bicyclic) bond motifs is 3. The van der Waals surface area contributed by atoms with Crippen molar-refractivity contribution in [3.8, 4) is 17.2 Å². The molecule has 2 heterocycles. The van der Waals surface area contributed by atoms with E-state index in [4.69, 9.17) is 14.5 Å². The van der Waals surface area contributed by atoms with Crippen molar-refractivity contribution in [2.24, 2.45) is 4.99 Å². The van der Waals surface area contributed by atoms with E-state index in [-0.39, 0.29) is 12.1 Å². The lowest BCUT2D eigenvalue weighted by molar-refractivity contribution is 0.206. The molecule has 6 rings (SSSR count). The van der Waals surface area contributed by atoms with Crippen molar-refractivity contribution < 1.29 is 9.47 Å². The summed E-state index contributed by atoms with van der Waals surface area (Å²) in [5.41, 5.74) is 6.60. The lowest BCUT2D eigenvalue weighted by Gasteiger charge is -2.11. The highest BCUT2D eigenvalue weighted by Crippen LogP contribution is 2.41. The predicted octanol–water partition coefficient (Wildman–Crippen LogP) is 5.72. The molecular formula is C27H23N3O2. The number of aliphatic imine (C=N–C) groups is 1. The van der Waals surface area contributed by atoms with Crippen molar-refractivity contribution in [2.45, 2.75) is 32.4 Å². The van der Waals surface area contributed by atoms with Gasteiger partial charge in [-0.05, 0) is 61.4 Å². The largest absolute Gasteiger partial charge is 0.471 e. The average molecular weight is 422 g/mol. The van der Waals surface area contributed by atoms with E-state index < -0.39 is 0 Å². The number of hydrogen-bond donors (Lipinski definition) is 0. The first kappa shape index (κ1) is 18.9. The van der Waals surface area contributed by atoms with Crippen molar-refractivity contribution in [1.29, 1.82) is 0 Å². The molecule has 4 aromatic rings. The van der Waals surface area contributed by atoms with Gasteiger partial charge in [0.2, 0.25) is 5.90 Å². The molecule has 32 heavy (non-hydrogen) atoms. The van der Waals surface area contributed by atoms with Gasteiger partial charge in [-0.1, -0.05) is 36.4 Å². The van der Waals surface area contributed by atoms with Crippen LogP contribution in [0.2, 0.25) is 0 Å². The minimum absolute atomic E-state index is 0.0863. The van der Waals surface area contributed by atoms with E-state index in [0.29, 0.717) is 5.90 Å². The molecule has 0 saturated heterocycles. The van der Waals surface area contributed by atoms with Crippen LogP contribution < -0.4 is 4.74 Å². The molecule has 0 spiro atoms. The van der Waals surface area contributed by atoms with Gasteiger partial charge in [-0.3, -0.25) is 0 Å². The number of hydrogen-bond acceptors (Lipinski definition) is 4. The van der Waals surface area contributed by atoms with E-state index >= 15 is 0 Å². The SMILES string of the molecule is Cc1cc(C)n(-c2cccc(Oc3cccc(C4=N[C@H]5c6ccccc6C[C@H]5O4)c3)c2)n1. The number of aromatic nitrogens is 2. The van der Waals surface area contributed by atoms with Crippen molar-refractivity contribution >= 4 is 5.90 Å². The fourth-order valence-electron chi connectivity index (χ4n) is 4.64. The Bertz CT molecular complexity index is 1350. The topological polar surface area (TPSA) is 48.6 Å². The molecule has 1 aromatic heterocycles. The van der Waals surface area contributed by atoms with Crippen LogP contribution in [0.4, 0.5) is 0 Å². The smallest absolute Gasteiger partial charge is 0.217 e. The molecule has 2 atom stereocenters. The molecule has 3 aromatic carbocycles. The summed E-state index contributed by atoms with van der Waals surface area (Å²) >= 11 is 0. The van der Waals surface area contributed by atoms with Crippen LogP contribution in [-0.4, -0.2) is 21.8 Å². The van der Waals surface area contributed by atoms with E-state index in [1.54, 1.807) is 0 Å². The summed E-state index contributed by atoms with van der Waals surface area (Å²) < 4.78 is 14.3. The van der Waals surface area contributed by atoms with Crippen LogP contribution >= 0.6 is 0 Å². The van der Waals surface area contributed by atoms with E-state index in [1.807, 2.05) is 67.1 Å². The Morgan fingerprint density at radius 2 is 1.72 bits per heavy atom. The molecule has 0 amide bonds. The van der Waals surface area contributed by atoms with Gasteiger partial charge >= 0.3 is 0 Å². The summed E-state index contributed by atoms with van der Waals surface area (Å²) in [7, 11) is 0. The summed E-state index contributed by atoms with van der Waals surface area (Å²) in [6, 6.07) is 26.5. The zero-order valence-corrected chi connectivity index (χ0v) is 18.0. The van der Waals surface area contributed by atoms with Crippen LogP contribution in [0.25, 0.3) is 5.69 Å². The third-order valence-electron chi connectivity index (χ3n) is 6.05. The van der Waals surface area contributed by atoms with E-state index in [9.17, 15) is 0 Å². The molecule has 1 aliphatic heterocycles. The molecule has 0 bridgehead atoms. The molecule has 5 heteroatoms. The molecule has 0 saturated carbocycles. The molecule has 0 radical (unpaired) electrons. The van der Waals surface area contributed by atoms with Crippen LogP contribution in [0.3, 0.4) is 0 Å². The maximum Gasteiger partial charge on any atom is 0.217 e. The highest BCUT2D eigenvalue weighted by molar-refractivity contribution is 5.96. The Kier molecular flexibility index (Phi) is 4.35. The van der Waals surface area contributed by atoms with Crippen LogP contribution in [0.5, 0.6) is 11.5 Å². The first-order valence-electron chi connectivity index (χ1n) is 10.9. The van der Waals surface area contributed by atoms with Crippen molar-refractivity contribution in [3.05, 3.63) is 107 Å². The van der Waals surface area contributed by atoms with Gasteiger partial charge in [0.25, 0.3) is 0 Å². The first-order chi connectivity index (χ1) is 15.6. The van der Waals surface area contributed by atoms with Crippen molar-refractivity contribution in [2.75, 3.05) is 0 Å². The minimum Gasteiger partial charge on any atom is -0.471 e. The summed E-state index contributed by atoms with van der Waals surface area (Å²) in [6.07, 6.45) is 0.993. The summed E-state index contributed by atoms with van der Waals surface area (Å²) in [5, 5.41) is 4.57. The summed E-state index contributed by atoms with van der Waals surface area (Å²) in [5.74, 6) is 2.19. The van der Waals surface area contributed by atoms with E-state index in [0.717, 1.165) is 40.6 Å². The van der Waals surface area contributed by atoms with Crippen LogP contribution in [0.15, 0.2) is 83.9 Å². The van der Waals surface area contributed by atoms with E-state index in [1.165, 1.54) is 11.1 Å². The van der Waals surface area contributed by atoms with E-state index in [2.05, 4.69) is 35.4 Å². The Balaban J connectivity index is 1.25. The molecule has 0 unspecified atom stereocenters. The minimum atomic E-state index is 0.0863. The molecule has 2 aliphatic rings. The normalized spacial score (nSPS) is 18.6. The molecular weight excluding hydrogens is 398 g/mol. The second-order valence-electron chi connectivity index (χ2n) is 8.40. The maximum atomic E-state index is 6.23. The fourth-order valence-corrected chi connectivity index (χ4v) is 4.64. The number of aryl methyl sites for hydroxylation is 2. The lowest BCUT2D eigenvalue weighted by atomic mass is 10.1. The number of benzene rings is 3. The van der Waals surface area contributed by atoms with Crippen molar-refractivity contribution in [3.63, 3.8) is 0 Å². The van der Waals surface area contributed by atoms with Gasteiger partial charge in [-0.15, -0.1) is 0 Å². The molecule has 0 fully saturated rings. The van der Waals surface area contributed by atoms with Gasteiger partial charge in [0, 0.05) is 23.7 Å². The molecule has 158 valence electrons. The van der Waals surface area contributed by atoms with Crippen LogP contribution in [0.1, 0.15) is 34.1 Å². The standard InChI is InChI=1S/C27H23N3O2/c1-17-13-18(2)30(29-17)21-9-6-11-23(16-21)31-22-10-5-8-20(14-22)27-28-26-24-12-4-3-7-19(24)15-25(26)32-27/h3-14,16,25-26H,15H2,1-2H3/t25-,26+/m1/s1. The maximum absolute atomic E-state index is 6.23.